The second-order valence-electron chi connectivity index (χ2n) is 7.14. The molecule has 3 aromatic carbocycles. The second kappa shape index (κ2) is 10.1. The van der Waals surface area contributed by atoms with E-state index in [9.17, 15) is 13.2 Å². The van der Waals surface area contributed by atoms with Gasteiger partial charge in [0.1, 0.15) is 12.4 Å². The topological polar surface area (TPSA) is 84.5 Å². The van der Waals surface area contributed by atoms with E-state index >= 15 is 0 Å². The van der Waals surface area contributed by atoms with Crippen molar-refractivity contribution in [2.45, 2.75) is 31.8 Å². The van der Waals surface area contributed by atoms with Gasteiger partial charge in [0.2, 0.25) is 0 Å². The largest absolute Gasteiger partial charge is 0.489 e. The van der Waals surface area contributed by atoms with Gasteiger partial charge in [0, 0.05) is 17.8 Å². The van der Waals surface area contributed by atoms with Gasteiger partial charge in [-0.15, -0.1) is 0 Å². The summed E-state index contributed by atoms with van der Waals surface area (Å²) in [6, 6.07) is 21.0. The van der Waals surface area contributed by atoms with Crippen molar-refractivity contribution in [2.75, 3.05) is 11.3 Å². The molecule has 0 heterocycles. The fourth-order valence-corrected chi connectivity index (χ4v) is 4.01. The van der Waals surface area contributed by atoms with Crippen molar-refractivity contribution >= 4 is 21.6 Å². The Bertz CT molecular complexity index is 1130. The van der Waals surface area contributed by atoms with Crippen molar-refractivity contribution < 1.29 is 17.9 Å². The maximum absolute atomic E-state index is 12.8. The van der Waals surface area contributed by atoms with Crippen LogP contribution in [0.1, 0.15) is 34.8 Å². The summed E-state index contributed by atoms with van der Waals surface area (Å²) >= 11 is 0. The van der Waals surface area contributed by atoms with Gasteiger partial charge in [0.05, 0.1) is 4.90 Å². The summed E-state index contributed by atoms with van der Waals surface area (Å²) in [5.74, 6) is 0.355. The van der Waals surface area contributed by atoms with Gasteiger partial charge in [0.25, 0.3) is 15.9 Å². The van der Waals surface area contributed by atoms with Crippen LogP contribution in [-0.2, 0) is 16.6 Å². The first-order valence-electron chi connectivity index (χ1n) is 10.1. The molecule has 0 aliphatic carbocycles. The molecule has 2 N–H and O–H groups in total. The average molecular weight is 439 g/mol. The molecule has 3 rings (SSSR count). The highest BCUT2D eigenvalue weighted by molar-refractivity contribution is 7.92. The molecule has 1 amide bonds. The van der Waals surface area contributed by atoms with Crippen LogP contribution >= 0.6 is 0 Å². The van der Waals surface area contributed by atoms with Crippen molar-refractivity contribution in [1.82, 2.24) is 5.32 Å². The molecule has 162 valence electrons. The fraction of sp³-hybridized carbons (Fsp3) is 0.208. The quantitative estimate of drug-likeness (QED) is 0.515. The minimum atomic E-state index is -3.85. The Morgan fingerprint density at radius 1 is 0.968 bits per heavy atom. The molecule has 7 heteroatoms. The van der Waals surface area contributed by atoms with E-state index in [1.165, 1.54) is 12.1 Å². The third kappa shape index (κ3) is 6.08. The normalized spacial score (nSPS) is 11.0. The van der Waals surface area contributed by atoms with Crippen LogP contribution < -0.4 is 14.8 Å². The van der Waals surface area contributed by atoms with E-state index in [2.05, 4.69) is 10.0 Å². The summed E-state index contributed by atoms with van der Waals surface area (Å²) in [6.07, 6.45) is 0.801. The number of rotatable bonds is 9. The van der Waals surface area contributed by atoms with Crippen molar-refractivity contribution in [1.29, 1.82) is 0 Å². The Hall–Kier alpha value is -3.32. The number of anilines is 1. The molecule has 0 spiro atoms. The lowest BCUT2D eigenvalue weighted by molar-refractivity contribution is 0.0953. The number of carbonyl (C=O) groups excluding carboxylic acids is 1. The summed E-state index contributed by atoms with van der Waals surface area (Å²) in [4.78, 5) is 12.4. The third-order valence-corrected chi connectivity index (χ3v) is 6.03. The Morgan fingerprint density at radius 2 is 1.68 bits per heavy atom. The first-order chi connectivity index (χ1) is 14.9. The molecule has 6 nitrogen and oxygen atoms in total. The highest BCUT2D eigenvalue weighted by atomic mass is 32.2. The van der Waals surface area contributed by atoms with Crippen LogP contribution in [0.2, 0.25) is 0 Å². The van der Waals surface area contributed by atoms with E-state index in [-0.39, 0.29) is 10.8 Å². The van der Waals surface area contributed by atoms with Gasteiger partial charge in [-0.3, -0.25) is 9.52 Å². The Kier molecular flexibility index (Phi) is 7.31. The molecule has 0 aromatic heterocycles. The second-order valence-corrected chi connectivity index (χ2v) is 8.82. The van der Waals surface area contributed by atoms with E-state index < -0.39 is 10.0 Å². The number of hydrogen-bond acceptors (Lipinski definition) is 4. The van der Waals surface area contributed by atoms with E-state index in [0.717, 1.165) is 12.0 Å². The van der Waals surface area contributed by atoms with Gasteiger partial charge < -0.3 is 10.1 Å². The molecule has 3 aromatic rings. The van der Waals surface area contributed by atoms with Crippen molar-refractivity contribution in [3.63, 3.8) is 0 Å². The number of aryl methyl sites for hydroxylation is 1. The Balaban J connectivity index is 1.69. The van der Waals surface area contributed by atoms with Gasteiger partial charge in [-0.25, -0.2) is 8.42 Å². The molecular weight excluding hydrogens is 412 g/mol. The lowest BCUT2D eigenvalue weighted by Gasteiger charge is -2.12. The van der Waals surface area contributed by atoms with Crippen LogP contribution in [-0.4, -0.2) is 20.9 Å². The zero-order valence-electron chi connectivity index (χ0n) is 17.6. The molecule has 0 aliphatic heterocycles. The standard InChI is InChI=1S/C24H26N2O4S/c1-3-15-25-24(27)23-16-22(14-9-18(23)2)31(28,29)26-20-10-12-21(13-11-20)30-17-19-7-5-4-6-8-19/h4-14,16,26H,3,15,17H2,1-2H3,(H,25,27). The van der Waals surface area contributed by atoms with Gasteiger partial charge in [-0.1, -0.05) is 43.3 Å². The molecule has 0 radical (unpaired) electrons. The third-order valence-electron chi connectivity index (χ3n) is 4.65. The zero-order chi connectivity index (χ0) is 22.3. The lowest BCUT2D eigenvalue weighted by Crippen LogP contribution is -2.25. The van der Waals surface area contributed by atoms with Gasteiger partial charge >= 0.3 is 0 Å². The monoisotopic (exact) mass is 438 g/mol. The van der Waals surface area contributed by atoms with Crippen molar-refractivity contribution in [3.8, 4) is 5.75 Å². The number of carbonyl (C=O) groups is 1. The molecule has 0 unspecified atom stereocenters. The van der Waals surface area contributed by atoms with Crippen LogP contribution in [0.3, 0.4) is 0 Å². The van der Waals surface area contributed by atoms with Gasteiger partial charge in [-0.05, 0) is 60.9 Å². The first kappa shape index (κ1) is 22.4. The smallest absolute Gasteiger partial charge is 0.261 e. The summed E-state index contributed by atoms with van der Waals surface area (Å²) in [7, 11) is -3.85. The number of sulfonamides is 1. The van der Waals surface area contributed by atoms with E-state index in [0.29, 0.717) is 35.7 Å². The predicted octanol–water partition coefficient (Wildman–Crippen LogP) is 4.51. The van der Waals surface area contributed by atoms with Crippen LogP contribution in [0.4, 0.5) is 5.69 Å². The molecule has 0 bridgehead atoms. The number of benzene rings is 3. The minimum absolute atomic E-state index is 0.0316. The van der Waals surface area contributed by atoms with Crippen molar-refractivity contribution in [3.05, 3.63) is 89.5 Å². The summed E-state index contributed by atoms with van der Waals surface area (Å²) in [5.41, 5.74) is 2.52. The van der Waals surface area contributed by atoms with Crippen LogP contribution in [0, 0.1) is 6.92 Å². The maximum Gasteiger partial charge on any atom is 0.261 e. The van der Waals surface area contributed by atoms with Crippen molar-refractivity contribution in [2.24, 2.45) is 0 Å². The Morgan fingerprint density at radius 3 is 2.35 bits per heavy atom. The first-order valence-corrected chi connectivity index (χ1v) is 11.6. The molecule has 0 saturated carbocycles. The fourth-order valence-electron chi connectivity index (χ4n) is 2.92. The minimum Gasteiger partial charge on any atom is -0.489 e. The highest BCUT2D eigenvalue weighted by Gasteiger charge is 2.18. The number of hydrogen-bond donors (Lipinski definition) is 2. The molecular formula is C24H26N2O4S. The van der Waals surface area contributed by atoms with Gasteiger partial charge in [-0.2, -0.15) is 0 Å². The summed E-state index contributed by atoms with van der Waals surface area (Å²) < 4.78 is 33.9. The van der Waals surface area contributed by atoms with E-state index in [1.807, 2.05) is 37.3 Å². The zero-order valence-corrected chi connectivity index (χ0v) is 18.4. The number of nitrogens with one attached hydrogen (secondary N) is 2. The average Bonchev–Trinajstić information content (AvgIpc) is 2.77. The molecule has 0 fully saturated rings. The van der Waals surface area contributed by atoms with E-state index in [4.69, 9.17) is 4.74 Å². The SMILES string of the molecule is CCCNC(=O)c1cc(S(=O)(=O)Nc2ccc(OCc3ccccc3)cc2)ccc1C. The lowest BCUT2D eigenvalue weighted by atomic mass is 10.1. The Labute approximate surface area is 183 Å². The number of amides is 1. The maximum atomic E-state index is 12.8. The highest BCUT2D eigenvalue weighted by Crippen LogP contribution is 2.22. The molecule has 0 saturated heterocycles. The van der Waals surface area contributed by atoms with Crippen LogP contribution in [0.25, 0.3) is 0 Å². The molecule has 31 heavy (non-hydrogen) atoms. The molecule has 0 atom stereocenters. The molecule has 0 aliphatic rings. The summed E-state index contributed by atoms with van der Waals surface area (Å²) in [6.45, 7) is 4.69. The predicted molar refractivity (Wildman–Crippen MR) is 122 cm³/mol. The van der Waals surface area contributed by atoms with Gasteiger partial charge in [0.15, 0.2) is 0 Å². The summed E-state index contributed by atoms with van der Waals surface area (Å²) in [5, 5.41) is 2.78. The van der Waals surface area contributed by atoms with E-state index in [1.54, 1.807) is 37.3 Å². The van der Waals surface area contributed by atoms with Crippen LogP contribution in [0.5, 0.6) is 5.75 Å². The number of ether oxygens (including phenoxy) is 1. The van der Waals surface area contributed by atoms with Crippen LogP contribution in [0.15, 0.2) is 77.7 Å².